The Morgan fingerprint density at radius 2 is 1.95 bits per heavy atom. The first-order valence-corrected chi connectivity index (χ1v) is 7.65. The average molecular weight is 354 g/mol. The number of halogens is 2. The van der Waals surface area contributed by atoms with Crippen molar-refractivity contribution in [3.05, 3.63) is 63.1 Å². The fourth-order valence-electron chi connectivity index (χ4n) is 2.10. The minimum absolute atomic E-state index is 0.0206. The maximum Gasteiger partial charge on any atom is 0.0455 e. The Balaban J connectivity index is 2.20. The topological polar surface area (TPSA) is 29.3 Å². The number of hydrogen-bond donors (Lipinski definition) is 1. The molecule has 0 aromatic heterocycles. The summed E-state index contributed by atoms with van der Waals surface area (Å²) in [7, 11) is 2.05. The summed E-state index contributed by atoms with van der Waals surface area (Å²) in [6, 6.07) is 14.2. The molecule has 0 fully saturated rings. The lowest BCUT2D eigenvalue weighted by atomic mass is 10.1. The van der Waals surface area contributed by atoms with Crippen molar-refractivity contribution in [3.8, 4) is 0 Å². The zero-order chi connectivity index (χ0) is 14.7. The van der Waals surface area contributed by atoms with Crippen molar-refractivity contribution in [3.63, 3.8) is 0 Å². The second kappa shape index (κ2) is 6.61. The highest BCUT2D eigenvalue weighted by Gasteiger charge is 2.09. The van der Waals surface area contributed by atoms with E-state index in [-0.39, 0.29) is 6.04 Å². The van der Waals surface area contributed by atoms with E-state index in [9.17, 15) is 0 Å². The van der Waals surface area contributed by atoms with Crippen LogP contribution in [-0.2, 0) is 6.54 Å². The molecule has 0 unspecified atom stereocenters. The zero-order valence-electron chi connectivity index (χ0n) is 11.6. The molecule has 0 aliphatic heterocycles. The van der Waals surface area contributed by atoms with E-state index >= 15 is 0 Å². The zero-order valence-corrected chi connectivity index (χ0v) is 13.9. The largest absolute Gasteiger partial charge is 0.370 e. The molecule has 0 saturated carbocycles. The van der Waals surface area contributed by atoms with Gasteiger partial charge in [-0.1, -0.05) is 51.8 Å². The molecule has 2 aromatic carbocycles. The van der Waals surface area contributed by atoms with Crippen LogP contribution in [0.3, 0.4) is 0 Å². The SMILES string of the molecule is C[C@@H](N)c1ccc(N(C)Cc2ccccc2Cl)cc1Br. The van der Waals surface area contributed by atoms with E-state index in [2.05, 4.69) is 46.1 Å². The highest BCUT2D eigenvalue weighted by Crippen LogP contribution is 2.28. The number of anilines is 1. The molecule has 106 valence electrons. The smallest absolute Gasteiger partial charge is 0.0455 e. The Morgan fingerprint density at radius 3 is 2.55 bits per heavy atom. The molecule has 1 atom stereocenters. The summed E-state index contributed by atoms with van der Waals surface area (Å²) in [6.07, 6.45) is 0. The van der Waals surface area contributed by atoms with Crippen molar-refractivity contribution < 1.29 is 0 Å². The molecule has 0 spiro atoms. The van der Waals surface area contributed by atoms with E-state index in [1.165, 1.54) is 0 Å². The summed E-state index contributed by atoms with van der Waals surface area (Å²) < 4.78 is 1.04. The fraction of sp³-hybridized carbons (Fsp3) is 0.250. The Hall–Kier alpha value is -1.03. The lowest BCUT2D eigenvalue weighted by Gasteiger charge is -2.21. The van der Waals surface area contributed by atoms with E-state index < -0.39 is 0 Å². The van der Waals surface area contributed by atoms with Crippen molar-refractivity contribution in [2.75, 3.05) is 11.9 Å². The lowest BCUT2D eigenvalue weighted by Crippen LogP contribution is -2.17. The van der Waals surface area contributed by atoms with Crippen LogP contribution in [0.25, 0.3) is 0 Å². The molecule has 0 aliphatic carbocycles. The molecule has 0 amide bonds. The third kappa shape index (κ3) is 3.54. The van der Waals surface area contributed by atoms with Crippen LogP contribution in [0.4, 0.5) is 5.69 Å². The number of nitrogens with two attached hydrogens (primary N) is 1. The van der Waals surface area contributed by atoms with Gasteiger partial charge in [-0.25, -0.2) is 0 Å². The summed E-state index contributed by atoms with van der Waals surface area (Å²) in [5, 5.41) is 0.797. The first kappa shape index (κ1) is 15.4. The maximum absolute atomic E-state index is 6.20. The van der Waals surface area contributed by atoms with Gasteiger partial charge < -0.3 is 10.6 Å². The van der Waals surface area contributed by atoms with Crippen molar-refractivity contribution in [2.45, 2.75) is 19.5 Å². The average Bonchev–Trinajstić information content (AvgIpc) is 2.40. The van der Waals surface area contributed by atoms with Crippen LogP contribution in [-0.4, -0.2) is 7.05 Å². The normalized spacial score (nSPS) is 12.2. The molecule has 0 saturated heterocycles. The monoisotopic (exact) mass is 352 g/mol. The van der Waals surface area contributed by atoms with Gasteiger partial charge in [0.2, 0.25) is 0 Å². The standard InChI is InChI=1S/C16H18BrClN2/c1-11(19)14-8-7-13(9-15(14)17)20(2)10-12-5-3-4-6-16(12)18/h3-9,11H,10,19H2,1-2H3/t11-/m1/s1. The summed E-state index contributed by atoms with van der Waals surface area (Å²) in [4.78, 5) is 2.16. The summed E-state index contributed by atoms with van der Waals surface area (Å²) in [5.74, 6) is 0. The Labute approximate surface area is 133 Å². The molecule has 2 nitrogen and oxygen atoms in total. The van der Waals surface area contributed by atoms with Gasteiger partial charge in [0.15, 0.2) is 0 Å². The van der Waals surface area contributed by atoms with E-state index in [1.54, 1.807) is 0 Å². The van der Waals surface area contributed by atoms with Crippen LogP contribution >= 0.6 is 27.5 Å². The van der Waals surface area contributed by atoms with Crippen LogP contribution in [0.5, 0.6) is 0 Å². The van der Waals surface area contributed by atoms with Gasteiger partial charge in [-0.2, -0.15) is 0 Å². The third-order valence-electron chi connectivity index (χ3n) is 3.28. The second-order valence-corrected chi connectivity index (χ2v) is 6.20. The molecule has 0 bridgehead atoms. The minimum Gasteiger partial charge on any atom is -0.370 e. The summed E-state index contributed by atoms with van der Waals surface area (Å²) >= 11 is 9.78. The van der Waals surface area contributed by atoms with Gasteiger partial charge in [0.1, 0.15) is 0 Å². The van der Waals surface area contributed by atoms with Crippen molar-refractivity contribution in [1.29, 1.82) is 0 Å². The molecule has 20 heavy (non-hydrogen) atoms. The highest BCUT2D eigenvalue weighted by molar-refractivity contribution is 9.10. The van der Waals surface area contributed by atoms with Gasteiger partial charge in [0.05, 0.1) is 0 Å². The van der Waals surface area contributed by atoms with Gasteiger partial charge >= 0.3 is 0 Å². The predicted octanol–water partition coefficient (Wildman–Crippen LogP) is 4.76. The molecular weight excluding hydrogens is 336 g/mol. The van der Waals surface area contributed by atoms with Crippen LogP contribution in [0.2, 0.25) is 5.02 Å². The Kier molecular flexibility index (Phi) is 5.08. The Morgan fingerprint density at radius 1 is 1.25 bits per heavy atom. The quantitative estimate of drug-likeness (QED) is 0.858. The van der Waals surface area contributed by atoms with Crippen LogP contribution in [0.1, 0.15) is 24.1 Å². The fourth-order valence-corrected chi connectivity index (χ4v) is 3.02. The molecule has 0 aliphatic rings. The van der Waals surface area contributed by atoms with Gasteiger partial charge in [-0.15, -0.1) is 0 Å². The van der Waals surface area contributed by atoms with Crippen LogP contribution in [0.15, 0.2) is 46.9 Å². The number of rotatable bonds is 4. The molecule has 0 radical (unpaired) electrons. The van der Waals surface area contributed by atoms with E-state index in [1.807, 2.05) is 31.2 Å². The first-order valence-electron chi connectivity index (χ1n) is 6.48. The Bertz CT molecular complexity index is 599. The summed E-state index contributed by atoms with van der Waals surface area (Å²) in [6.45, 7) is 2.75. The molecular formula is C16H18BrClN2. The predicted molar refractivity (Wildman–Crippen MR) is 90.3 cm³/mol. The lowest BCUT2D eigenvalue weighted by molar-refractivity contribution is 0.812. The number of nitrogens with zero attached hydrogens (tertiary/aromatic N) is 1. The van der Waals surface area contributed by atoms with E-state index in [4.69, 9.17) is 17.3 Å². The van der Waals surface area contributed by atoms with Crippen molar-refractivity contribution in [1.82, 2.24) is 0 Å². The first-order chi connectivity index (χ1) is 9.49. The van der Waals surface area contributed by atoms with E-state index in [0.29, 0.717) is 0 Å². The number of hydrogen-bond acceptors (Lipinski definition) is 2. The number of benzene rings is 2. The highest BCUT2D eigenvalue weighted by atomic mass is 79.9. The molecule has 0 heterocycles. The van der Waals surface area contributed by atoms with Gasteiger partial charge in [-0.05, 0) is 36.2 Å². The van der Waals surface area contributed by atoms with Gasteiger partial charge in [0, 0.05) is 34.8 Å². The molecule has 2 aromatic rings. The third-order valence-corrected chi connectivity index (χ3v) is 4.34. The maximum atomic E-state index is 6.20. The molecule has 2 rings (SSSR count). The van der Waals surface area contributed by atoms with Crippen molar-refractivity contribution >= 4 is 33.2 Å². The minimum atomic E-state index is 0.0206. The van der Waals surface area contributed by atoms with Crippen LogP contribution < -0.4 is 10.6 Å². The van der Waals surface area contributed by atoms with Crippen LogP contribution in [0, 0.1) is 0 Å². The van der Waals surface area contributed by atoms with E-state index in [0.717, 1.165) is 32.9 Å². The second-order valence-electron chi connectivity index (χ2n) is 4.94. The summed E-state index contributed by atoms with van der Waals surface area (Å²) in [5.41, 5.74) is 9.28. The molecule has 4 heteroatoms. The van der Waals surface area contributed by atoms with Gasteiger partial charge in [-0.3, -0.25) is 0 Å². The van der Waals surface area contributed by atoms with Gasteiger partial charge in [0.25, 0.3) is 0 Å². The van der Waals surface area contributed by atoms with Crippen molar-refractivity contribution in [2.24, 2.45) is 5.73 Å². The molecule has 2 N–H and O–H groups in total.